The van der Waals surface area contributed by atoms with Gasteiger partial charge in [-0.3, -0.25) is 4.79 Å². The van der Waals surface area contributed by atoms with E-state index < -0.39 is 0 Å². The third-order valence-electron chi connectivity index (χ3n) is 5.12. The van der Waals surface area contributed by atoms with Crippen molar-refractivity contribution in [2.24, 2.45) is 5.92 Å². The van der Waals surface area contributed by atoms with E-state index in [0.717, 1.165) is 21.4 Å². The molecule has 120 valence electrons. The van der Waals surface area contributed by atoms with E-state index in [-0.39, 0.29) is 11.3 Å². The summed E-state index contributed by atoms with van der Waals surface area (Å²) in [6, 6.07) is 16.2. The Morgan fingerprint density at radius 2 is 1.88 bits per heavy atom. The standard InChI is InChI=1S/C20H16O2S2/c1-11-14-10-22-15-8-4-2-6-12(15)17(14)18-19(21)13-7-3-5-9-16(13)24-20(18)23-11/h2-9,11,14,17H,10H2,1H3/t11?,14-,17-/m1/s1. The maximum atomic E-state index is 13.3. The molecule has 0 N–H and O–H groups in total. The molecule has 0 aliphatic carbocycles. The predicted octanol–water partition coefficient (Wildman–Crippen LogP) is 4.90. The number of ether oxygens (including phenoxy) is 1. The Morgan fingerprint density at radius 1 is 1.08 bits per heavy atom. The second kappa shape index (κ2) is 5.36. The number of fused-ring (bicyclic) bond motifs is 6. The van der Waals surface area contributed by atoms with Crippen LogP contribution >= 0.6 is 23.1 Å². The van der Waals surface area contributed by atoms with Gasteiger partial charge in [-0.15, -0.1) is 23.1 Å². The van der Waals surface area contributed by atoms with Gasteiger partial charge in [0.2, 0.25) is 0 Å². The first kappa shape index (κ1) is 14.6. The molecule has 0 bridgehead atoms. The first-order valence-electron chi connectivity index (χ1n) is 8.18. The van der Waals surface area contributed by atoms with Gasteiger partial charge in [-0.05, 0) is 18.2 Å². The van der Waals surface area contributed by atoms with Crippen LogP contribution in [-0.2, 0) is 0 Å². The molecule has 4 heteroatoms. The van der Waals surface area contributed by atoms with Crippen LogP contribution < -0.4 is 10.2 Å². The maximum Gasteiger partial charge on any atom is 0.193 e. The van der Waals surface area contributed by atoms with Crippen LogP contribution in [0.1, 0.15) is 24.0 Å². The Balaban J connectivity index is 1.84. The van der Waals surface area contributed by atoms with Crippen LogP contribution in [0.3, 0.4) is 0 Å². The van der Waals surface area contributed by atoms with E-state index in [9.17, 15) is 4.79 Å². The molecule has 0 amide bonds. The zero-order chi connectivity index (χ0) is 16.3. The molecule has 0 saturated carbocycles. The molecule has 2 nitrogen and oxygen atoms in total. The number of hydrogen-bond acceptors (Lipinski definition) is 4. The molecule has 24 heavy (non-hydrogen) atoms. The van der Waals surface area contributed by atoms with Gasteiger partial charge < -0.3 is 4.74 Å². The number of benzene rings is 2. The van der Waals surface area contributed by atoms with Crippen molar-refractivity contribution in [3.8, 4) is 5.75 Å². The fourth-order valence-corrected chi connectivity index (χ4v) is 6.86. The lowest BCUT2D eigenvalue weighted by atomic mass is 9.78. The fraction of sp³-hybridized carbons (Fsp3) is 0.250. The van der Waals surface area contributed by atoms with Crippen molar-refractivity contribution >= 4 is 33.2 Å². The average Bonchev–Trinajstić information content (AvgIpc) is 2.61. The van der Waals surface area contributed by atoms with Crippen molar-refractivity contribution in [1.82, 2.24) is 0 Å². The third-order valence-corrected chi connectivity index (χ3v) is 7.79. The van der Waals surface area contributed by atoms with Crippen molar-refractivity contribution in [3.63, 3.8) is 0 Å². The van der Waals surface area contributed by atoms with E-state index in [0.29, 0.717) is 17.8 Å². The van der Waals surface area contributed by atoms with Gasteiger partial charge >= 0.3 is 0 Å². The van der Waals surface area contributed by atoms with Gasteiger partial charge in [0.25, 0.3) is 0 Å². The van der Waals surface area contributed by atoms with E-state index in [1.165, 1.54) is 9.77 Å². The lowest BCUT2D eigenvalue weighted by molar-refractivity contribution is 0.202. The van der Waals surface area contributed by atoms with E-state index in [2.05, 4.69) is 19.1 Å². The summed E-state index contributed by atoms with van der Waals surface area (Å²) >= 11 is 3.60. The molecule has 5 rings (SSSR count). The van der Waals surface area contributed by atoms with Gasteiger partial charge in [-0.25, -0.2) is 0 Å². The molecule has 1 aromatic heterocycles. The van der Waals surface area contributed by atoms with Crippen molar-refractivity contribution in [3.05, 3.63) is 69.9 Å². The Labute approximate surface area is 148 Å². The van der Waals surface area contributed by atoms with Crippen LogP contribution in [0.5, 0.6) is 5.75 Å². The smallest absolute Gasteiger partial charge is 0.193 e. The predicted molar refractivity (Wildman–Crippen MR) is 101 cm³/mol. The molecule has 2 aromatic carbocycles. The third kappa shape index (κ3) is 1.99. The Kier molecular flexibility index (Phi) is 3.25. The van der Waals surface area contributed by atoms with Crippen molar-refractivity contribution in [2.45, 2.75) is 22.3 Å². The van der Waals surface area contributed by atoms with Crippen molar-refractivity contribution < 1.29 is 4.74 Å². The lowest BCUT2D eigenvalue weighted by Gasteiger charge is -2.40. The van der Waals surface area contributed by atoms with E-state index in [4.69, 9.17) is 4.74 Å². The van der Waals surface area contributed by atoms with E-state index in [1.807, 2.05) is 48.2 Å². The normalized spacial score (nSPS) is 24.6. The highest BCUT2D eigenvalue weighted by atomic mass is 32.2. The number of thioether (sulfide) groups is 1. The summed E-state index contributed by atoms with van der Waals surface area (Å²) in [5, 5.41) is 1.28. The first-order valence-corrected chi connectivity index (χ1v) is 9.88. The molecule has 3 heterocycles. The lowest BCUT2D eigenvalue weighted by Crippen LogP contribution is -2.38. The topological polar surface area (TPSA) is 26.3 Å². The van der Waals surface area contributed by atoms with Gasteiger partial charge in [0.1, 0.15) is 5.75 Å². The van der Waals surface area contributed by atoms with Gasteiger partial charge in [0.05, 0.1) is 10.8 Å². The number of hydrogen-bond donors (Lipinski definition) is 0. The maximum absolute atomic E-state index is 13.3. The largest absolute Gasteiger partial charge is 0.493 e. The molecule has 1 unspecified atom stereocenters. The fourth-order valence-electron chi connectivity index (χ4n) is 3.91. The summed E-state index contributed by atoms with van der Waals surface area (Å²) in [6.07, 6.45) is 0. The monoisotopic (exact) mass is 352 g/mol. The summed E-state index contributed by atoms with van der Waals surface area (Å²) in [5.41, 5.74) is 2.36. The first-order chi connectivity index (χ1) is 11.7. The molecular formula is C20H16O2S2. The average molecular weight is 352 g/mol. The summed E-state index contributed by atoms with van der Waals surface area (Å²) in [5.74, 6) is 1.43. The Hall–Kier alpha value is -1.78. The van der Waals surface area contributed by atoms with Crippen molar-refractivity contribution in [1.29, 1.82) is 0 Å². The summed E-state index contributed by atoms with van der Waals surface area (Å²) < 4.78 is 8.26. The molecule has 0 spiro atoms. The van der Waals surface area contributed by atoms with Crippen LogP contribution in [0.15, 0.2) is 57.5 Å². The molecule has 2 aliphatic rings. The van der Waals surface area contributed by atoms with Gasteiger partial charge in [0.15, 0.2) is 5.43 Å². The zero-order valence-corrected chi connectivity index (χ0v) is 14.8. The number of para-hydroxylation sites is 1. The zero-order valence-electron chi connectivity index (χ0n) is 13.2. The molecule has 3 atom stereocenters. The Morgan fingerprint density at radius 3 is 2.79 bits per heavy atom. The second-order valence-corrected chi connectivity index (χ2v) is 9.14. The quantitative estimate of drug-likeness (QED) is 0.576. The molecule has 3 aromatic rings. The van der Waals surface area contributed by atoms with Gasteiger partial charge in [0, 0.05) is 38.3 Å². The minimum Gasteiger partial charge on any atom is -0.493 e. The molecule has 0 fully saturated rings. The van der Waals surface area contributed by atoms with E-state index in [1.54, 1.807) is 11.3 Å². The minimum atomic E-state index is 0.148. The summed E-state index contributed by atoms with van der Waals surface area (Å²) in [4.78, 5) is 13.3. The van der Waals surface area contributed by atoms with Crippen LogP contribution in [0, 0.1) is 5.92 Å². The second-order valence-electron chi connectivity index (χ2n) is 6.44. The van der Waals surface area contributed by atoms with Gasteiger partial charge in [-0.1, -0.05) is 37.3 Å². The van der Waals surface area contributed by atoms with Crippen LogP contribution in [0.4, 0.5) is 0 Å². The van der Waals surface area contributed by atoms with Crippen LogP contribution in [0.2, 0.25) is 0 Å². The van der Waals surface area contributed by atoms with E-state index >= 15 is 0 Å². The number of rotatable bonds is 0. The Bertz CT molecular complexity index is 1010. The summed E-state index contributed by atoms with van der Waals surface area (Å²) in [6.45, 7) is 2.95. The minimum absolute atomic E-state index is 0.148. The highest BCUT2D eigenvalue weighted by Crippen LogP contribution is 2.53. The van der Waals surface area contributed by atoms with Gasteiger partial charge in [-0.2, -0.15) is 0 Å². The highest BCUT2D eigenvalue weighted by molar-refractivity contribution is 8.01. The van der Waals surface area contributed by atoms with Crippen LogP contribution in [0.25, 0.3) is 10.1 Å². The molecular weight excluding hydrogens is 336 g/mol. The molecule has 2 aliphatic heterocycles. The molecule has 0 radical (unpaired) electrons. The highest BCUT2D eigenvalue weighted by Gasteiger charge is 2.42. The SMILES string of the molecule is CC1Sc2sc3ccccc3c(=O)c2[C@@H]2c3ccccc3OC[C@H]12. The van der Waals surface area contributed by atoms with Crippen LogP contribution in [-0.4, -0.2) is 11.9 Å². The summed E-state index contributed by atoms with van der Waals surface area (Å²) in [7, 11) is 0. The molecule has 0 saturated heterocycles. The van der Waals surface area contributed by atoms with Crippen molar-refractivity contribution in [2.75, 3.05) is 6.61 Å².